The second-order valence-corrected chi connectivity index (χ2v) is 7.31. The van der Waals surface area contributed by atoms with E-state index in [4.69, 9.17) is 10.9 Å². The van der Waals surface area contributed by atoms with E-state index in [1.807, 2.05) is 5.32 Å². The summed E-state index contributed by atoms with van der Waals surface area (Å²) in [5, 5.41) is 13.1. The highest BCUT2D eigenvalue weighted by molar-refractivity contribution is 5.98. The molecule has 2 unspecified atom stereocenters. The van der Waals surface area contributed by atoms with Gasteiger partial charge in [-0.3, -0.25) is 19.6 Å². The zero-order chi connectivity index (χ0) is 25.3. The highest BCUT2D eigenvalue weighted by atomic mass is 19.3. The molecule has 0 aliphatic rings. The molecule has 176 valence electrons. The predicted molar refractivity (Wildman–Crippen MR) is 120 cm³/mol. The Morgan fingerprint density at radius 3 is 2.21 bits per heavy atom. The first-order valence-corrected chi connectivity index (χ1v) is 9.86. The van der Waals surface area contributed by atoms with E-state index in [1.165, 1.54) is 29.7 Å². The third-order valence-electron chi connectivity index (χ3n) is 4.72. The van der Waals surface area contributed by atoms with Gasteiger partial charge in [-0.15, -0.1) is 0 Å². The summed E-state index contributed by atoms with van der Waals surface area (Å²) in [4.78, 5) is 36.0. The van der Waals surface area contributed by atoms with Crippen LogP contribution in [-0.4, -0.2) is 40.9 Å². The minimum absolute atomic E-state index is 0.0314. The monoisotopic (exact) mass is 468 g/mol. The van der Waals surface area contributed by atoms with Gasteiger partial charge in [-0.05, 0) is 55.2 Å². The molecule has 3 amide bonds. The normalized spacial score (nSPS) is 12.6. The van der Waals surface area contributed by atoms with Gasteiger partial charge in [-0.25, -0.2) is 14.3 Å². The molecule has 0 radical (unpaired) electrons. The number of nitrogen functional groups attached to an aromatic ring is 1. The van der Waals surface area contributed by atoms with Crippen molar-refractivity contribution < 1.29 is 28.4 Å². The molecule has 34 heavy (non-hydrogen) atoms. The van der Waals surface area contributed by atoms with Crippen LogP contribution in [-0.2, 0) is 9.59 Å². The van der Waals surface area contributed by atoms with Crippen LogP contribution in [0.2, 0.25) is 0 Å². The number of benzene rings is 2. The maximum absolute atomic E-state index is 13.7. The molecule has 10 heteroatoms. The molecular formula is C24H22F2N4O4. The van der Waals surface area contributed by atoms with Crippen molar-refractivity contribution in [3.63, 3.8) is 0 Å². The summed E-state index contributed by atoms with van der Waals surface area (Å²) in [5.41, 5.74) is 6.26. The van der Waals surface area contributed by atoms with Crippen molar-refractivity contribution in [2.24, 2.45) is 0 Å². The average molecular weight is 468 g/mol. The van der Waals surface area contributed by atoms with Crippen LogP contribution in [0.15, 0.2) is 48.5 Å². The van der Waals surface area contributed by atoms with Crippen LogP contribution < -0.4 is 21.8 Å². The molecule has 0 heterocycles. The van der Waals surface area contributed by atoms with E-state index in [1.54, 1.807) is 24.3 Å². The van der Waals surface area contributed by atoms with Crippen molar-refractivity contribution in [2.45, 2.75) is 31.9 Å². The zero-order valence-corrected chi connectivity index (χ0v) is 18.3. The van der Waals surface area contributed by atoms with Crippen molar-refractivity contribution in [3.05, 3.63) is 65.2 Å². The lowest BCUT2D eigenvalue weighted by atomic mass is 9.91. The van der Waals surface area contributed by atoms with E-state index in [9.17, 15) is 23.2 Å². The van der Waals surface area contributed by atoms with Gasteiger partial charge in [-0.2, -0.15) is 0 Å². The zero-order valence-electron chi connectivity index (χ0n) is 18.3. The third kappa shape index (κ3) is 6.55. The first-order valence-electron chi connectivity index (χ1n) is 9.86. The van der Waals surface area contributed by atoms with Gasteiger partial charge >= 0.3 is 0 Å². The van der Waals surface area contributed by atoms with E-state index in [0.717, 1.165) is 13.8 Å². The number of anilines is 1. The Morgan fingerprint density at radius 1 is 1.03 bits per heavy atom. The molecule has 6 N–H and O–H groups in total. The van der Waals surface area contributed by atoms with Crippen LogP contribution in [0.1, 0.15) is 35.3 Å². The Balaban J connectivity index is 2.19. The molecule has 0 aromatic heterocycles. The van der Waals surface area contributed by atoms with Gasteiger partial charge in [-0.1, -0.05) is 24.0 Å². The molecule has 0 aliphatic carbocycles. The van der Waals surface area contributed by atoms with Gasteiger partial charge in [0.05, 0.1) is 0 Å². The Kier molecular flexibility index (Phi) is 8.71. The Hall–Kier alpha value is -4.41. The number of alkyl halides is 2. The average Bonchev–Trinajstić information content (AvgIpc) is 2.80. The second kappa shape index (κ2) is 11.5. The lowest BCUT2D eigenvalue weighted by molar-refractivity contribution is -0.137. The topological polar surface area (TPSA) is 134 Å². The number of carbonyl (C=O) groups is 3. The minimum atomic E-state index is -3.25. The summed E-state index contributed by atoms with van der Waals surface area (Å²) in [5.74, 6) is 7.88. The summed E-state index contributed by atoms with van der Waals surface area (Å²) < 4.78 is 27.4. The quantitative estimate of drug-likeness (QED) is 0.189. The maximum atomic E-state index is 13.7. The van der Waals surface area contributed by atoms with E-state index < -0.39 is 35.7 Å². The van der Waals surface area contributed by atoms with Crippen LogP contribution in [0.3, 0.4) is 0 Å². The second-order valence-electron chi connectivity index (χ2n) is 7.31. The Labute approximate surface area is 194 Å². The van der Waals surface area contributed by atoms with E-state index >= 15 is 0 Å². The first-order chi connectivity index (χ1) is 16.1. The molecule has 2 rings (SSSR count). The summed E-state index contributed by atoms with van der Waals surface area (Å²) in [6.07, 6.45) is -3.25. The lowest BCUT2D eigenvalue weighted by Crippen LogP contribution is -2.68. The van der Waals surface area contributed by atoms with Crippen molar-refractivity contribution in [3.8, 4) is 23.7 Å². The third-order valence-corrected chi connectivity index (χ3v) is 4.72. The number of carbonyl (C=O) groups excluding carboxylic acids is 3. The van der Waals surface area contributed by atoms with Crippen LogP contribution in [0.5, 0.6) is 0 Å². The largest absolute Gasteiger partial charge is 0.398 e. The van der Waals surface area contributed by atoms with E-state index in [-0.39, 0.29) is 5.56 Å². The van der Waals surface area contributed by atoms with E-state index in [2.05, 4.69) is 29.0 Å². The van der Waals surface area contributed by atoms with Crippen molar-refractivity contribution >= 4 is 23.4 Å². The van der Waals surface area contributed by atoms with Gasteiger partial charge in [0, 0.05) is 29.3 Å². The number of halogens is 2. The molecule has 0 saturated heterocycles. The summed E-state index contributed by atoms with van der Waals surface area (Å²) >= 11 is 0. The minimum Gasteiger partial charge on any atom is -0.398 e. The molecule has 0 saturated carbocycles. The molecule has 0 bridgehead atoms. The van der Waals surface area contributed by atoms with Gasteiger partial charge < -0.3 is 16.4 Å². The fourth-order valence-corrected chi connectivity index (χ4v) is 2.92. The molecule has 2 atom stereocenters. The predicted octanol–water partition coefficient (Wildman–Crippen LogP) is 1.44. The van der Waals surface area contributed by atoms with Crippen molar-refractivity contribution in [1.29, 1.82) is 0 Å². The van der Waals surface area contributed by atoms with E-state index in [0.29, 0.717) is 16.8 Å². The van der Waals surface area contributed by atoms with Crippen LogP contribution in [0.25, 0.3) is 0 Å². The summed E-state index contributed by atoms with van der Waals surface area (Å²) in [7, 11) is 0. The van der Waals surface area contributed by atoms with Gasteiger partial charge in [0.25, 0.3) is 18.2 Å². The highest BCUT2D eigenvalue weighted by Gasteiger charge is 2.48. The first kappa shape index (κ1) is 25.8. The number of hydroxylamine groups is 1. The molecule has 2 aromatic rings. The number of nitrogens with one attached hydrogen (secondary N) is 3. The smallest absolute Gasteiger partial charge is 0.268 e. The van der Waals surface area contributed by atoms with Gasteiger partial charge in [0.1, 0.15) is 11.6 Å². The number of hydrogen-bond acceptors (Lipinski definition) is 5. The lowest BCUT2D eigenvalue weighted by Gasteiger charge is -2.36. The Bertz CT molecular complexity index is 1190. The molecule has 0 spiro atoms. The summed E-state index contributed by atoms with van der Waals surface area (Å²) in [6.45, 7) is 1.86. The van der Waals surface area contributed by atoms with Crippen LogP contribution in [0, 0.1) is 23.7 Å². The van der Waals surface area contributed by atoms with Crippen LogP contribution >= 0.6 is 0 Å². The number of rotatable bonds is 6. The number of nitrogens with two attached hydrogens (primary N) is 1. The molecule has 0 aliphatic heterocycles. The fraction of sp³-hybridized carbons (Fsp3) is 0.208. The Morgan fingerprint density at radius 2 is 1.65 bits per heavy atom. The standard InChI is InChI=1S/C24H22F2N4O4/c1-15(31)29-24(2,23(25)26)20(22(33)30-34)28-21(32)18-13-11-16(12-14-18)7-3-4-8-17-9-5-6-10-19(17)27/h5-6,9-14,20,23,34H,27H2,1-2H3,(H,28,32)(H,29,31)(H,30,33). The van der Waals surface area contributed by atoms with Gasteiger partial charge in [0.15, 0.2) is 0 Å². The van der Waals surface area contributed by atoms with Crippen molar-refractivity contribution in [2.75, 3.05) is 5.73 Å². The summed E-state index contributed by atoms with van der Waals surface area (Å²) in [6, 6.07) is 10.8. The fourth-order valence-electron chi connectivity index (χ4n) is 2.92. The number of amides is 3. The number of hydrogen-bond donors (Lipinski definition) is 5. The molecule has 0 fully saturated rings. The van der Waals surface area contributed by atoms with Crippen LogP contribution in [0.4, 0.5) is 14.5 Å². The SMILES string of the molecule is CC(=O)NC(C)(C(F)F)C(NC(=O)c1ccc(C#CC#Cc2ccccc2N)cc1)C(=O)NO. The molecular weight excluding hydrogens is 446 g/mol. The highest BCUT2D eigenvalue weighted by Crippen LogP contribution is 2.21. The molecule has 2 aromatic carbocycles. The number of para-hydroxylation sites is 1. The van der Waals surface area contributed by atoms with Crippen molar-refractivity contribution in [1.82, 2.24) is 16.1 Å². The maximum Gasteiger partial charge on any atom is 0.268 e. The molecule has 8 nitrogen and oxygen atoms in total. The van der Waals surface area contributed by atoms with Gasteiger partial charge in [0.2, 0.25) is 5.91 Å².